The molecule has 2 rings (SSSR count). The Morgan fingerprint density at radius 1 is 1.05 bits per heavy atom. The number of halogens is 3. The first kappa shape index (κ1) is 14.8. The fourth-order valence-electron chi connectivity index (χ4n) is 1.89. The van der Waals surface area contributed by atoms with Crippen molar-refractivity contribution < 1.29 is 13.5 Å². The van der Waals surface area contributed by atoms with Crippen LogP contribution < -0.4 is 9.57 Å². The predicted molar refractivity (Wildman–Crippen MR) is 74.6 cm³/mol. The van der Waals surface area contributed by atoms with Gasteiger partial charge in [0.2, 0.25) is 0 Å². The zero-order valence-corrected chi connectivity index (χ0v) is 11.4. The van der Waals surface area contributed by atoms with E-state index in [9.17, 15) is 8.78 Å². The Morgan fingerprint density at radius 3 is 2.40 bits per heavy atom. The molecule has 0 amide bonds. The molecule has 0 aromatic heterocycles. The average Bonchev–Trinajstić information content (AvgIpc) is 2.43. The summed E-state index contributed by atoms with van der Waals surface area (Å²) in [5, 5.41) is 0. The lowest BCUT2D eigenvalue weighted by Crippen LogP contribution is -2.14. The van der Waals surface area contributed by atoms with Crippen molar-refractivity contribution >= 4 is 11.8 Å². The normalized spacial score (nSPS) is 12.2. The maximum atomic E-state index is 13.3. The van der Waals surface area contributed by atoms with Crippen LogP contribution in [0.1, 0.15) is 18.1 Å². The highest BCUT2D eigenvalue weighted by Crippen LogP contribution is 2.25. The Bertz CT molecular complexity index is 565. The van der Waals surface area contributed by atoms with E-state index in [1.165, 1.54) is 24.3 Å². The van der Waals surface area contributed by atoms with Gasteiger partial charge in [0.05, 0.1) is 0 Å². The minimum absolute atomic E-state index is 0.339. The minimum Gasteiger partial charge on any atom is -0.486 e. The van der Waals surface area contributed by atoms with Crippen LogP contribution >= 0.6 is 11.8 Å². The number of hydrogen-bond acceptors (Lipinski definition) is 2. The van der Waals surface area contributed by atoms with Crippen LogP contribution in [0.4, 0.5) is 8.78 Å². The van der Waals surface area contributed by atoms with E-state index in [4.69, 9.17) is 16.5 Å². The summed E-state index contributed by atoms with van der Waals surface area (Å²) in [6.45, 7) is 0.484. The van der Waals surface area contributed by atoms with Crippen molar-refractivity contribution in [1.29, 1.82) is 0 Å². The molecular formula is C15H14ClF2NO. The van der Waals surface area contributed by atoms with Crippen LogP contribution in [-0.4, -0.2) is 6.54 Å². The molecule has 0 aliphatic rings. The van der Waals surface area contributed by atoms with E-state index in [2.05, 4.69) is 4.84 Å². The molecule has 0 radical (unpaired) electrons. The quantitative estimate of drug-likeness (QED) is 0.806. The fourth-order valence-corrected chi connectivity index (χ4v) is 2.00. The van der Waals surface area contributed by atoms with E-state index in [-0.39, 0.29) is 11.6 Å². The van der Waals surface area contributed by atoms with Crippen LogP contribution in [0.15, 0.2) is 48.5 Å². The van der Waals surface area contributed by atoms with Crippen molar-refractivity contribution in [2.45, 2.75) is 12.5 Å². The van der Waals surface area contributed by atoms with Gasteiger partial charge in [0.15, 0.2) is 0 Å². The summed E-state index contributed by atoms with van der Waals surface area (Å²) in [6, 6.07) is 12.0. The van der Waals surface area contributed by atoms with E-state index in [0.717, 1.165) is 0 Å². The van der Waals surface area contributed by atoms with Crippen LogP contribution in [0.3, 0.4) is 0 Å². The first-order valence-corrected chi connectivity index (χ1v) is 6.58. The molecule has 1 N–H and O–H groups in total. The molecule has 5 heteroatoms. The van der Waals surface area contributed by atoms with Gasteiger partial charge in [-0.2, -0.15) is 0 Å². The zero-order valence-electron chi connectivity index (χ0n) is 10.7. The van der Waals surface area contributed by atoms with Gasteiger partial charge in [0.1, 0.15) is 23.5 Å². The van der Waals surface area contributed by atoms with Gasteiger partial charge >= 0.3 is 0 Å². The summed E-state index contributed by atoms with van der Waals surface area (Å²) >= 11 is 5.45. The van der Waals surface area contributed by atoms with Gasteiger partial charge in [-0.05, 0) is 41.6 Å². The second kappa shape index (κ2) is 7.22. The number of hydrogen-bond donors (Lipinski definition) is 1. The molecule has 20 heavy (non-hydrogen) atoms. The third-order valence-electron chi connectivity index (χ3n) is 2.80. The van der Waals surface area contributed by atoms with Gasteiger partial charge in [-0.15, -0.1) is 0 Å². The highest BCUT2D eigenvalue weighted by atomic mass is 35.5. The Hall–Kier alpha value is -1.65. The van der Waals surface area contributed by atoms with Crippen LogP contribution in [0.25, 0.3) is 0 Å². The molecule has 0 saturated heterocycles. The average molecular weight is 298 g/mol. The molecule has 2 aromatic rings. The first-order valence-electron chi connectivity index (χ1n) is 6.20. The van der Waals surface area contributed by atoms with E-state index < -0.39 is 6.10 Å². The van der Waals surface area contributed by atoms with Crippen molar-refractivity contribution in [3.05, 3.63) is 65.7 Å². The summed E-state index contributed by atoms with van der Waals surface area (Å²) < 4.78 is 32.2. The van der Waals surface area contributed by atoms with E-state index >= 15 is 0 Å². The van der Waals surface area contributed by atoms with E-state index in [1.807, 2.05) is 0 Å². The Kier molecular flexibility index (Phi) is 5.32. The van der Waals surface area contributed by atoms with Crippen molar-refractivity contribution in [3.63, 3.8) is 0 Å². The van der Waals surface area contributed by atoms with Crippen LogP contribution in [0.2, 0.25) is 0 Å². The van der Waals surface area contributed by atoms with Gasteiger partial charge < -0.3 is 4.74 Å². The molecule has 0 aliphatic carbocycles. The van der Waals surface area contributed by atoms with Crippen LogP contribution in [0.5, 0.6) is 5.75 Å². The number of benzene rings is 2. The fraction of sp³-hybridized carbons (Fsp3) is 0.200. The smallest absolute Gasteiger partial charge is 0.126 e. The minimum atomic E-state index is -0.404. The molecule has 2 nitrogen and oxygen atoms in total. The van der Waals surface area contributed by atoms with Crippen molar-refractivity contribution in [2.24, 2.45) is 0 Å². The third-order valence-corrected chi connectivity index (χ3v) is 2.98. The monoisotopic (exact) mass is 297 g/mol. The molecule has 0 bridgehead atoms. The molecule has 0 aliphatic heterocycles. The summed E-state index contributed by atoms with van der Waals surface area (Å²) in [6.07, 6.45) is 0.127. The number of ether oxygens (including phenoxy) is 1. The van der Waals surface area contributed by atoms with Crippen molar-refractivity contribution in [3.8, 4) is 5.75 Å². The first-order chi connectivity index (χ1) is 9.69. The lowest BCUT2D eigenvalue weighted by atomic mass is 10.1. The van der Waals surface area contributed by atoms with E-state index in [1.54, 1.807) is 24.3 Å². The molecule has 106 valence electrons. The van der Waals surface area contributed by atoms with Crippen molar-refractivity contribution in [2.75, 3.05) is 6.54 Å². The molecular weight excluding hydrogens is 284 g/mol. The topological polar surface area (TPSA) is 21.3 Å². The SMILES string of the molecule is Fc1cccc(OC(CCNCl)c2cccc(F)c2)c1. The molecule has 0 saturated carbocycles. The maximum Gasteiger partial charge on any atom is 0.126 e. The van der Waals surface area contributed by atoms with Crippen LogP contribution in [0, 0.1) is 11.6 Å². The summed E-state index contributed by atoms with van der Waals surface area (Å²) in [7, 11) is 0. The summed E-state index contributed by atoms with van der Waals surface area (Å²) in [5.41, 5.74) is 0.682. The molecule has 1 atom stereocenters. The lowest BCUT2D eigenvalue weighted by Gasteiger charge is -2.19. The summed E-state index contributed by atoms with van der Waals surface area (Å²) in [5.74, 6) is -0.320. The van der Waals surface area contributed by atoms with Crippen molar-refractivity contribution in [1.82, 2.24) is 4.84 Å². The Balaban J connectivity index is 2.19. The standard InChI is InChI=1S/C15H14ClF2NO/c16-19-8-7-15(11-3-1-4-12(17)9-11)20-14-6-2-5-13(18)10-14/h1-6,9-10,15,19H,7-8H2. The molecule has 0 spiro atoms. The highest BCUT2D eigenvalue weighted by molar-refractivity contribution is 6.13. The van der Waals surface area contributed by atoms with Gasteiger partial charge in [0.25, 0.3) is 0 Å². The number of rotatable bonds is 6. The van der Waals surface area contributed by atoms with Gasteiger partial charge in [-0.1, -0.05) is 18.2 Å². The predicted octanol–water partition coefficient (Wildman–Crippen LogP) is 4.22. The Labute approximate surface area is 121 Å². The maximum absolute atomic E-state index is 13.3. The highest BCUT2D eigenvalue weighted by Gasteiger charge is 2.14. The molecule has 0 heterocycles. The number of nitrogens with one attached hydrogen (secondary N) is 1. The van der Waals surface area contributed by atoms with Crippen LogP contribution in [-0.2, 0) is 0 Å². The summed E-state index contributed by atoms with van der Waals surface area (Å²) in [4.78, 5) is 2.50. The largest absolute Gasteiger partial charge is 0.486 e. The second-order valence-corrected chi connectivity index (χ2v) is 4.56. The zero-order chi connectivity index (χ0) is 14.4. The molecule has 2 aromatic carbocycles. The molecule has 0 fully saturated rings. The van der Waals surface area contributed by atoms with Gasteiger partial charge in [-0.3, -0.25) is 0 Å². The van der Waals surface area contributed by atoms with Gasteiger partial charge in [0, 0.05) is 19.0 Å². The Morgan fingerprint density at radius 2 is 1.75 bits per heavy atom. The third kappa shape index (κ3) is 4.18. The second-order valence-electron chi connectivity index (χ2n) is 4.29. The van der Waals surface area contributed by atoms with Gasteiger partial charge in [-0.25, -0.2) is 13.6 Å². The van der Waals surface area contributed by atoms with E-state index in [0.29, 0.717) is 24.3 Å². The lowest BCUT2D eigenvalue weighted by molar-refractivity contribution is 0.195. The molecule has 1 unspecified atom stereocenters.